The Morgan fingerprint density at radius 3 is 1.45 bits per heavy atom. The van der Waals surface area contributed by atoms with E-state index in [-0.39, 0.29) is 51.5 Å². The average Bonchev–Trinajstić information content (AvgIpc) is 4.05. The molecule has 4 aromatic carbocycles. The van der Waals surface area contributed by atoms with Crippen LogP contribution in [0.4, 0.5) is 23.0 Å². The number of nitro benzene ring substituents is 1. The van der Waals surface area contributed by atoms with E-state index >= 15 is 0 Å². The van der Waals surface area contributed by atoms with Gasteiger partial charge in [-0.15, -0.1) is 0 Å². The second kappa shape index (κ2) is 17.0. The fraction of sp³-hybridized carbons (Fsp3) is 0.136. The molecule has 0 aliphatic rings. The number of para-hydroxylation sites is 2. The number of nitrogens with two attached hydrogens (primary N) is 1. The van der Waals surface area contributed by atoms with Gasteiger partial charge in [0, 0.05) is 23.9 Å². The minimum absolute atomic E-state index is 0.0181. The third-order valence-corrected chi connectivity index (χ3v) is 9.78. The number of furan rings is 2. The molecule has 4 heterocycles. The Labute approximate surface area is 352 Å². The van der Waals surface area contributed by atoms with E-state index in [2.05, 4.69) is 41.7 Å². The van der Waals surface area contributed by atoms with Crippen LogP contribution in [0.3, 0.4) is 0 Å². The molecule has 0 aliphatic carbocycles. The number of hydrogen-bond acceptors (Lipinski definition) is 11. The number of nitrogens with one attached hydrogen (secondary N) is 6. The summed E-state index contributed by atoms with van der Waals surface area (Å²) in [6.07, 6.45) is 0. The first-order chi connectivity index (χ1) is 29.6. The summed E-state index contributed by atoms with van der Waals surface area (Å²) in [5.74, 6) is -1.63. The summed E-state index contributed by atoms with van der Waals surface area (Å²) in [5, 5.41) is 35.7. The molecule has 0 spiro atoms. The quantitative estimate of drug-likeness (QED) is 0.0378. The third kappa shape index (κ3) is 8.88. The number of benzene rings is 4. The molecule has 62 heavy (non-hydrogen) atoms. The number of H-pyrrole nitrogens is 2. The molecule has 0 bridgehead atoms. The molecule has 18 nitrogen and oxygen atoms in total. The third-order valence-electron chi connectivity index (χ3n) is 9.78. The lowest BCUT2D eigenvalue weighted by Crippen LogP contribution is -2.40. The fourth-order valence-electron chi connectivity index (χ4n) is 6.45. The summed E-state index contributed by atoms with van der Waals surface area (Å²) in [6.45, 7) is 7.56. The van der Waals surface area contributed by atoms with Crippen LogP contribution in [-0.2, 0) is 11.1 Å². The lowest BCUT2D eigenvalue weighted by Gasteiger charge is -2.26. The zero-order chi connectivity index (χ0) is 44.2. The van der Waals surface area contributed by atoms with E-state index in [0.29, 0.717) is 22.3 Å². The van der Waals surface area contributed by atoms with Crippen molar-refractivity contribution in [3.63, 3.8) is 0 Å². The Morgan fingerprint density at radius 2 is 1.00 bits per heavy atom. The SMILES string of the molecule is CC(C)(NC(=O)c1cc2[nH]nc(NC(=O)c3ccccc3N)c2o1)c1ccccc1.CC(C)(NC(=O)c1cc2[nH]nc(NC(=O)c3ccccc3[N+](=O)[O-])c2o1)c1ccccc1. The van der Waals surface area contributed by atoms with Crippen LogP contribution in [0.1, 0.15) is 80.6 Å². The van der Waals surface area contributed by atoms with E-state index in [0.717, 1.165) is 11.1 Å². The Kier molecular flexibility index (Phi) is 11.4. The Morgan fingerprint density at radius 1 is 0.597 bits per heavy atom. The Balaban J connectivity index is 0.000000187. The highest BCUT2D eigenvalue weighted by Gasteiger charge is 2.28. The predicted octanol–water partition coefficient (Wildman–Crippen LogP) is 7.64. The van der Waals surface area contributed by atoms with Crippen molar-refractivity contribution in [1.29, 1.82) is 0 Å². The van der Waals surface area contributed by atoms with Crippen LogP contribution >= 0.6 is 0 Å². The lowest BCUT2D eigenvalue weighted by molar-refractivity contribution is -0.385. The first kappa shape index (κ1) is 41.6. The van der Waals surface area contributed by atoms with E-state index < -0.39 is 33.7 Å². The molecule has 0 saturated heterocycles. The van der Waals surface area contributed by atoms with Gasteiger partial charge in [0.2, 0.25) is 0 Å². The summed E-state index contributed by atoms with van der Waals surface area (Å²) in [4.78, 5) is 61.1. The van der Waals surface area contributed by atoms with Crippen LogP contribution in [0.15, 0.2) is 130 Å². The summed E-state index contributed by atoms with van der Waals surface area (Å²) < 4.78 is 11.3. The smallest absolute Gasteiger partial charge is 0.287 e. The number of nitro groups is 1. The maximum absolute atomic E-state index is 12.8. The standard InChI is InChI=1S/C22H19N5O5.C22H21N5O3/c1-22(2,13-8-4-3-5-9-13)24-21(29)17-12-15-18(32-17)19(26-25-15)23-20(28)14-10-6-7-11-16(14)27(30)31;1-22(2,13-8-4-3-5-9-13)25-21(29)17-12-16-18(30-17)19(27-26-16)24-20(28)14-10-6-7-11-15(14)23/h3-12H,1-2H3,(H,24,29)(H2,23,25,26,28);3-12H,23H2,1-2H3,(H,25,29)(H2,24,26,27,28). The number of carbonyl (C=O) groups excluding carboxylic acids is 4. The topological polar surface area (TPSA) is 269 Å². The number of carbonyl (C=O) groups is 4. The second-order valence-electron chi connectivity index (χ2n) is 15.0. The zero-order valence-corrected chi connectivity index (χ0v) is 33.7. The molecule has 4 aromatic heterocycles. The number of fused-ring (bicyclic) bond motifs is 2. The molecule has 0 fully saturated rings. The van der Waals surface area contributed by atoms with Gasteiger partial charge in [-0.05, 0) is 57.0 Å². The molecule has 0 unspecified atom stereocenters. The first-order valence-corrected chi connectivity index (χ1v) is 19.0. The second-order valence-corrected chi connectivity index (χ2v) is 15.0. The van der Waals surface area contributed by atoms with Crippen LogP contribution in [-0.4, -0.2) is 48.9 Å². The molecule has 8 aromatic rings. The molecule has 18 heteroatoms. The molecule has 8 rings (SSSR count). The largest absolute Gasteiger partial charge is 0.445 e. The van der Waals surface area contributed by atoms with Gasteiger partial charge in [0.1, 0.15) is 16.6 Å². The molecular weight excluding hydrogens is 797 g/mol. The van der Waals surface area contributed by atoms with Gasteiger partial charge in [0.05, 0.1) is 21.6 Å². The lowest BCUT2D eigenvalue weighted by atomic mass is 9.94. The van der Waals surface area contributed by atoms with Crippen molar-refractivity contribution < 1.29 is 32.9 Å². The fourth-order valence-corrected chi connectivity index (χ4v) is 6.45. The van der Waals surface area contributed by atoms with E-state index in [1.807, 2.05) is 88.4 Å². The van der Waals surface area contributed by atoms with Crippen molar-refractivity contribution in [3.8, 4) is 0 Å². The van der Waals surface area contributed by atoms with E-state index in [9.17, 15) is 29.3 Å². The Bertz CT molecular complexity index is 2950. The molecule has 0 aliphatic heterocycles. The van der Waals surface area contributed by atoms with Crippen molar-refractivity contribution in [3.05, 3.63) is 165 Å². The minimum atomic E-state index is -0.724. The average molecular weight is 837 g/mol. The van der Waals surface area contributed by atoms with Gasteiger partial charge in [0.25, 0.3) is 29.3 Å². The maximum atomic E-state index is 12.8. The number of rotatable bonds is 11. The number of anilines is 3. The maximum Gasteiger partial charge on any atom is 0.287 e. The highest BCUT2D eigenvalue weighted by Crippen LogP contribution is 2.29. The van der Waals surface area contributed by atoms with Crippen LogP contribution < -0.4 is 27.0 Å². The zero-order valence-electron chi connectivity index (χ0n) is 33.7. The number of hydrogen-bond donors (Lipinski definition) is 7. The van der Waals surface area contributed by atoms with Gasteiger partial charge in [-0.2, -0.15) is 10.2 Å². The summed E-state index contributed by atoms with van der Waals surface area (Å²) in [7, 11) is 0. The van der Waals surface area contributed by atoms with Crippen LogP contribution in [0.25, 0.3) is 22.2 Å². The first-order valence-electron chi connectivity index (χ1n) is 19.0. The summed E-state index contributed by atoms with van der Waals surface area (Å²) in [5.41, 5.74) is 8.02. The molecule has 314 valence electrons. The highest BCUT2D eigenvalue weighted by atomic mass is 16.6. The molecule has 0 radical (unpaired) electrons. The molecule has 0 saturated carbocycles. The van der Waals surface area contributed by atoms with Gasteiger partial charge in [-0.25, -0.2) is 0 Å². The van der Waals surface area contributed by atoms with Crippen molar-refractivity contribution >= 4 is 68.8 Å². The molecule has 4 amide bonds. The minimum Gasteiger partial charge on any atom is -0.445 e. The van der Waals surface area contributed by atoms with Crippen molar-refractivity contribution in [2.45, 2.75) is 38.8 Å². The number of amides is 4. The number of aromatic amines is 2. The van der Waals surface area contributed by atoms with E-state index in [1.54, 1.807) is 30.3 Å². The van der Waals surface area contributed by atoms with Gasteiger partial charge >= 0.3 is 0 Å². The van der Waals surface area contributed by atoms with E-state index in [4.69, 9.17) is 14.6 Å². The molecular formula is C44H40N10O8. The Hall–Kier alpha value is -8.54. The summed E-state index contributed by atoms with van der Waals surface area (Å²) in [6, 6.07) is 34.4. The van der Waals surface area contributed by atoms with Gasteiger partial charge < -0.3 is 35.8 Å². The highest BCUT2D eigenvalue weighted by molar-refractivity contribution is 6.11. The number of nitrogen functional groups attached to an aromatic ring is 1. The van der Waals surface area contributed by atoms with Gasteiger partial charge in [-0.1, -0.05) is 84.9 Å². The molecule has 0 atom stereocenters. The predicted molar refractivity (Wildman–Crippen MR) is 230 cm³/mol. The van der Waals surface area contributed by atoms with Gasteiger partial charge in [0.15, 0.2) is 34.3 Å². The number of aromatic nitrogens is 4. The van der Waals surface area contributed by atoms with Gasteiger partial charge in [-0.3, -0.25) is 39.5 Å². The van der Waals surface area contributed by atoms with Crippen molar-refractivity contribution in [2.24, 2.45) is 0 Å². The van der Waals surface area contributed by atoms with Crippen LogP contribution in [0.5, 0.6) is 0 Å². The van der Waals surface area contributed by atoms with Crippen molar-refractivity contribution in [1.82, 2.24) is 31.0 Å². The number of nitrogens with zero attached hydrogens (tertiary/aromatic N) is 3. The van der Waals surface area contributed by atoms with Crippen LogP contribution in [0, 0.1) is 10.1 Å². The normalized spacial score (nSPS) is 11.4. The monoisotopic (exact) mass is 836 g/mol. The van der Waals surface area contributed by atoms with Crippen molar-refractivity contribution in [2.75, 3.05) is 16.4 Å². The summed E-state index contributed by atoms with van der Waals surface area (Å²) >= 11 is 0. The van der Waals surface area contributed by atoms with Crippen LogP contribution in [0.2, 0.25) is 0 Å². The van der Waals surface area contributed by atoms with E-state index in [1.165, 1.54) is 30.3 Å². The molecule has 8 N–H and O–H groups in total.